The highest BCUT2D eigenvalue weighted by Gasteiger charge is 2.05. The molecule has 1 heterocycles. The van der Waals surface area contributed by atoms with Crippen LogP contribution in [0.15, 0.2) is 12.4 Å². The predicted octanol–water partition coefficient (Wildman–Crippen LogP) is 0.107. The van der Waals surface area contributed by atoms with E-state index in [-0.39, 0.29) is 6.04 Å². The standard InChI is InChI=1S/C8H11N5/c1-6(4-9)13-8-7(5-10)11-2-3-12-8/h2-3,6H,4,9H2,1H3,(H,12,13). The van der Waals surface area contributed by atoms with Crippen LogP contribution in [0.4, 0.5) is 5.82 Å². The molecule has 0 amide bonds. The first-order valence-corrected chi connectivity index (χ1v) is 3.95. The molecule has 5 nitrogen and oxygen atoms in total. The summed E-state index contributed by atoms with van der Waals surface area (Å²) in [6, 6.07) is 2.03. The number of nitrogens with two attached hydrogens (primary N) is 1. The molecule has 0 saturated heterocycles. The van der Waals surface area contributed by atoms with Gasteiger partial charge in [-0.15, -0.1) is 0 Å². The third-order valence-corrected chi connectivity index (χ3v) is 1.54. The lowest BCUT2D eigenvalue weighted by Crippen LogP contribution is -2.26. The monoisotopic (exact) mass is 177 g/mol. The Morgan fingerprint density at radius 3 is 2.92 bits per heavy atom. The second kappa shape index (κ2) is 4.38. The Morgan fingerprint density at radius 1 is 1.62 bits per heavy atom. The minimum atomic E-state index is 0.0869. The van der Waals surface area contributed by atoms with Gasteiger partial charge in [0, 0.05) is 25.0 Å². The van der Waals surface area contributed by atoms with Gasteiger partial charge < -0.3 is 11.1 Å². The highest BCUT2D eigenvalue weighted by Crippen LogP contribution is 2.07. The van der Waals surface area contributed by atoms with E-state index in [2.05, 4.69) is 15.3 Å². The maximum Gasteiger partial charge on any atom is 0.182 e. The zero-order valence-corrected chi connectivity index (χ0v) is 7.36. The summed E-state index contributed by atoms with van der Waals surface area (Å²) in [6.07, 6.45) is 3.02. The molecule has 0 fully saturated rings. The van der Waals surface area contributed by atoms with Gasteiger partial charge in [0.1, 0.15) is 6.07 Å². The van der Waals surface area contributed by atoms with Gasteiger partial charge in [0.05, 0.1) is 0 Å². The fourth-order valence-electron chi connectivity index (χ4n) is 0.818. The molecule has 13 heavy (non-hydrogen) atoms. The average molecular weight is 177 g/mol. The lowest BCUT2D eigenvalue weighted by Gasteiger charge is -2.11. The van der Waals surface area contributed by atoms with E-state index < -0.39 is 0 Å². The molecular formula is C8H11N5. The van der Waals surface area contributed by atoms with E-state index in [9.17, 15) is 0 Å². The van der Waals surface area contributed by atoms with Gasteiger partial charge in [-0.05, 0) is 6.92 Å². The van der Waals surface area contributed by atoms with Crippen LogP contribution in [-0.4, -0.2) is 22.6 Å². The van der Waals surface area contributed by atoms with Crippen molar-refractivity contribution in [3.8, 4) is 6.07 Å². The Hall–Kier alpha value is -1.67. The topological polar surface area (TPSA) is 87.6 Å². The Labute approximate surface area is 76.6 Å². The molecule has 0 aromatic carbocycles. The van der Waals surface area contributed by atoms with Crippen LogP contribution in [0.2, 0.25) is 0 Å². The molecule has 3 N–H and O–H groups in total. The number of hydrogen-bond donors (Lipinski definition) is 2. The number of hydrogen-bond acceptors (Lipinski definition) is 5. The first kappa shape index (κ1) is 9.42. The number of anilines is 1. The number of nitrogens with one attached hydrogen (secondary N) is 1. The molecule has 0 aliphatic carbocycles. The zero-order valence-electron chi connectivity index (χ0n) is 7.36. The van der Waals surface area contributed by atoms with Crippen LogP contribution < -0.4 is 11.1 Å². The van der Waals surface area contributed by atoms with Crippen molar-refractivity contribution in [3.63, 3.8) is 0 Å². The predicted molar refractivity (Wildman–Crippen MR) is 48.9 cm³/mol. The van der Waals surface area contributed by atoms with Gasteiger partial charge >= 0.3 is 0 Å². The van der Waals surface area contributed by atoms with E-state index in [0.29, 0.717) is 18.1 Å². The maximum absolute atomic E-state index is 8.68. The summed E-state index contributed by atoms with van der Waals surface area (Å²) in [5.41, 5.74) is 5.71. The van der Waals surface area contributed by atoms with Gasteiger partial charge in [0.2, 0.25) is 0 Å². The number of rotatable bonds is 3. The average Bonchev–Trinajstić information content (AvgIpc) is 2.18. The summed E-state index contributed by atoms with van der Waals surface area (Å²) < 4.78 is 0. The van der Waals surface area contributed by atoms with Gasteiger partial charge in [-0.25, -0.2) is 9.97 Å². The largest absolute Gasteiger partial charge is 0.364 e. The Morgan fingerprint density at radius 2 is 2.31 bits per heavy atom. The Kier molecular flexibility index (Phi) is 3.17. The van der Waals surface area contributed by atoms with Gasteiger partial charge in [-0.2, -0.15) is 5.26 Å². The zero-order chi connectivity index (χ0) is 9.68. The number of nitrogens with zero attached hydrogens (tertiary/aromatic N) is 3. The fourth-order valence-corrected chi connectivity index (χ4v) is 0.818. The minimum absolute atomic E-state index is 0.0869. The molecule has 0 saturated carbocycles. The first-order valence-electron chi connectivity index (χ1n) is 3.95. The molecule has 1 unspecified atom stereocenters. The molecule has 0 bridgehead atoms. The van der Waals surface area contributed by atoms with E-state index in [4.69, 9.17) is 11.0 Å². The van der Waals surface area contributed by atoms with Crippen LogP contribution in [0, 0.1) is 11.3 Å². The molecule has 68 valence electrons. The van der Waals surface area contributed by atoms with Crippen molar-refractivity contribution < 1.29 is 0 Å². The molecule has 1 atom stereocenters. The van der Waals surface area contributed by atoms with Gasteiger partial charge in [-0.1, -0.05) is 0 Å². The van der Waals surface area contributed by atoms with Gasteiger partial charge in [0.15, 0.2) is 11.5 Å². The van der Waals surface area contributed by atoms with E-state index >= 15 is 0 Å². The maximum atomic E-state index is 8.68. The van der Waals surface area contributed by atoms with E-state index in [0.717, 1.165) is 0 Å². The Bertz CT molecular complexity index is 317. The highest BCUT2D eigenvalue weighted by molar-refractivity contribution is 5.47. The molecule has 5 heteroatoms. The quantitative estimate of drug-likeness (QED) is 0.684. The van der Waals surface area contributed by atoms with Crippen LogP contribution in [0.1, 0.15) is 12.6 Å². The molecular weight excluding hydrogens is 166 g/mol. The number of nitriles is 1. The van der Waals surface area contributed by atoms with E-state index in [1.54, 1.807) is 0 Å². The van der Waals surface area contributed by atoms with Crippen molar-refractivity contribution in [2.45, 2.75) is 13.0 Å². The second-order valence-electron chi connectivity index (χ2n) is 2.65. The molecule has 0 spiro atoms. The van der Waals surface area contributed by atoms with E-state index in [1.165, 1.54) is 12.4 Å². The smallest absolute Gasteiger partial charge is 0.182 e. The number of aromatic nitrogens is 2. The van der Waals surface area contributed by atoms with Crippen LogP contribution in [0.5, 0.6) is 0 Å². The normalized spacial score (nSPS) is 11.8. The van der Waals surface area contributed by atoms with Crippen molar-refractivity contribution in [2.75, 3.05) is 11.9 Å². The lowest BCUT2D eigenvalue weighted by atomic mass is 10.3. The molecule has 1 aromatic heterocycles. The summed E-state index contributed by atoms with van der Waals surface area (Å²) in [5, 5.41) is 11.7. The first-order chi connectivity index (χ1) is 6.27. The van der Waals surface area contributed by atoms with Crippen molar-refractivity contribution in [2.24, 2.45) is 5.73 Å². The Balaban J connectivity index is 2.82. The van der Waals surface area contributed by atoms with Gasteiger partial charge in [0.25, 0.3) is 0 Å². The van der Waals surface area contributed by atoms with Crippen molar-refractivity contribution in [1.29, 1.82) is 5.26 Å². The SMILES string of the molecule is CC(CN)Nc1nccnc1C#N. The molecule has 1 rings (SSSR count). The summed E-state index contributed by atoms with van der Waals surface area (Å²) in [7, 11) is 0. The van der Waals surface area contributed by atoms with Crippen LogP contribution >= 0.6 is 0 Å². The summed E-state index contributed by atoms with van der Waals surface area (Å²) in [5.74, 6) is 0.489. The third kappa shape index (κ3) is 2.39. The van der Waals surface area contributed by atoms with Crippen LogP contribution in [0.3, 0.4) is 0 Å². The third-order valence-electron chi connectivity index (χ3n) is 1.54. The molecule has 1 aromatic rings. The second-order valence-corrected chi connectivity index (χ2v) is 2.65. The summed E-state index contributed by atoms with van der Waals surface area (Å²) >= 11 is 0. The summed E-state index contributed by atoms with van der Waals surface area (Å²) in [6.45, 7) is 2.40. The van der Waals surface area contributed by atoms with Gasteiger partial charge in [-0.3, -0.25) is 0 Å². The summed E-state index contributed by atoms with van der Waals surface area (Å²) in [4.78, 5) is 7.84. The highest BCUT2D eigenvalue weighted by atomic mass is 15.0. The molecule has 0 aliphatic heterocycles. The van der Waals surface area contributed by atoms with Crippen LogP contribution in [0.25, 0.3) is 0 Å². The van der Waals surface area contributed by atoms with Crippen LogP contribution in [-0.2, 0) is 0 Å². The lowest BCUT2D eigenvalue weighted by molar-refractivity contribution is 0.795. The molecule has 0 radical (unpaired) electrons. The van der Waals surface area contributed by atoms with Crippen molar-refractivity contribution in [3.05, 3.63) is 18.1 Å². The van der Waals surface area contributed by atoms with Crippen molar-refractivity contribution >= 4 is 5.82 Å². The van der Waals surface area contributed by atoms with E-state index in [1.807, 2.05) is 13.0 Å². The molecule has 0 aliphatic rings. The minimum Gasteiger partial charge on any atom is -0.364 e. The fraction of sp³-hybridized carbons (Fsp3) is 0.375. The van der Waals surface area contributed by atoms with Crippen molar-refractivity contribution in [1.82, 2.24) is 9.97 Å².